The van der Waals surface area contributed by atoms with Gasteiger partial charge in [-0.1, -0.05) is 30.3 Å². The Kier molecular flexibility index (Phi) is 7.88. The molecule has 1 aromatic carbocycles. The molecule has 2 atom stereocenters. The fourth-order valence-electron chi connectivity index (χ4n) is 3.41. The average Bonchev–Trinajstić information content (AvgIpc) is 2.62. The standard InChI is InChI=1S/C20H33N3O2/c1-5-25-16(2)20(24)21-19(17-9-7-6-8-10-17)15-23(4)18-11-13-22(3)14-12-18/h6-10,16,18-19H,5,11-15H2,1-4H3,(H,21,24). The van der Waals surface area contributed by atoms with Gasteiger partial charge in [0.15, 0.2) is 0 Å². The summed E-state index contributed by atoms with van der Waals surface area (Å²) in [5.41, 5.74) is 1.14. The summed E-state index contributed by atoms with van der Waals surface area (Å²) < 4.78 is 5.44. The summed E-state index contributed by atoms with van der Waals surface area (Å²) in [5, 5.41) is 3.18. The van der Waals surface area contributed by atoms with Gasteiger partial charge in [0.2, 0.25) is 5.91 Å². The Morgan fingerprint density at radius 1 is 1.32 bits per heavy atom. The molecule has 0 aliphatic carbocycles. The molecule has 1 aromatic rings. The Labute approximate surface area is 152 Å². The highest BCUT2D eigenvalue weighted by atomic mass is 16.5. The molecule has 5 nitrogen and oxygen atoms in total. The molecule has 1 fully saturated rings. The normalized spacial score (nSPS) is 18.9. The lowest BCUT2D eigenvalue weighted by Gasteiger charge is -2.37. The average molecular weight is 348 g/mol. The number of nitrogens with zero attached hydrogens (tertiary/aromatic N) is 2. The first kappa shape index (κ1) is 19.9. The van der Waals surface area contributed by atoms with Gasteiger partial charge in [-0.15, -0.1) is 0 Å². The summed E-state index contributed by atoms with van der Waals surface area (Å²) in [5.74, 6) is -0.0486. The summed E-state index contributed by atoms with van der Waals surface area (Å²) in [6.07, 6.45) is 1.93. The van der Waals surface area contributed by atoms with Crippen LogP contribution in [0.1, 0.15) is 38.3 Å². The van der Waals surface area contributed by atoms with Gasteiger partial charge in [0.1, 0.15) is 6.10 Å². The van der Waals surface area contributed by atoms with E-state index in [4.69, 9.17) is 4.74 Å². The number of rotatable bonds is 8. The van der Waals surface area contributed by atoms with Crippen molar-refractivity contribution in [1.29, 1.82) is 0 Å². The number of ether oxygens (including phenoxy) is 1. The van der Waals surface area contributed by atoms with E-state index in [1.165, 1.54) is 12.8 Å². The van der Waals surface area contributed by atoms with Crippen molar-refractivity contribution in [2.24, 2.45) is 0 Å². The number of carbonyl (C=O) groups is 1. The molecule has 1 heterocycles. The van der Waals surface area contributed by atoms with Crippen LogP contribution in [-0.2, 0) is 9.53 Å². The van der Waals surface area contributed by atoms with Crippen molar-refractivity contribution < 1.29 is 9.53 Å². The lowest BCUT2D eigenvalue weighted by molar-refractivity contribution is -0.132. The van der Waals surface area contributed by atoms with Crippen molar-refractivity contribution >= 4 is 5.91 Å². The van der Waals surface area contributed by atoms with Crippen molar-refractivity contribution in [3.8, 4) is 0 Å². The Hall–Kier alpha value is -1.43. The molecule has 0 spiro atoms. The zero-order valence-corrected chi connectivity index (χ0v) is 16.1. The molecule has 2 rings (SSSR count). The van der Waals surface area contributed by atoms with Gasteiger partial charge in [-0.2, -0.15) is 0 Å². The molecule has 5 heteroatoms. The highest BCUT2D eigenvalue weighted by Gasteiger charge is 2.25. The van der Waals surface area contributed by atoms with E-state index >= 15 is 0 Å². The minimum absolute atomic E-state index is 0.0266. The van der Waals surface area contributed by atoms with Crippen molar-refractivity contribution in [3.05, 3.63) is 35.9 Å². The Morgan fingerprint density at radius 2 is 1.96 bits per heavy atom. The van der Waals surface area contributed by atoms with E-state index in [1.54, 1.807) is 0 Å². The first-order valence-corrected chi connectivity index (χ1v) is 9.37. The van der Waals surface area contributed by atoms with Gasteiger partial charge in [-0.05, 0) is 59.4 Å². The number of hydrogen-bond acceptors (Lipinski definition) is 4. The maximum Gasteiger partial charge on any atom is 0.249 e. The summed E-state index contributed by atoms with van der Waals surface area (Å²) in [4.78, 5) is 17.2. The third-order valence-corrected chi connectivity index (χ3v) is 5.09. The van der Waals surface area contributed by atoms with Gasteiger partial charge in [0, 0.05) is 19.2 Å². The van der Waals surface area contributed by atoms with Crippen molar-refractivity contribution in [2.75, 3.05) is 40.3 Å². The lowest BCUT2D eigenvalue weighted by atomic mass is 10.0. The molecule has 0 aromatic heterocycles. The minimum Gasteiger partial charge on any atom is -0.369 e. The van der Waals surface area contributed by atoms with Gasteiger partial charge < -0.3 is 19.9 Å². The van der Waals surface area contributed by atoms with Crippen LogP contribution in [0.3, 0.4) is 0 Å². The van der Waals surface area contributed by atoms with E-state index in [2.05, 4.69) is 41.3 Å². The Morgan fingerprint density at radius 3 is 2.56 bits per heavy atom. The molecular weight excluding hydrogens is 314 g/mol. The molecule has 1 N–H and O–H groups in total. The second-order valence-electron chi connectivity index (χ2n) is 7.04. The summed E-state index contributed by atoms with van der Waals surface area (Å²) >= 11 is 0. The zero-order chi connectivity index (χ0) is 18.2. The third-order valence-electron chi connectivity index (χ3n) is 5.09. The largest absolute Gasteiger partial charge is 0.369 e. The predicted molar refractivity (Wildman–Crippen MR) is 102 cm³/mol. The number of carbonyl (C=O) groups excluding carboxylic acids is 1. The van der Waals surface area contributed by atoms with Crippen LogP contribution in [-0.4, -0.2) is 68.2 Å². The Bertz CT molecular complexity index is 515. The number of amides is 1. The van der Waals surface area contributed by atoms with Crippen LogP contribution < -0.4 is 5.32 Å². The molecular formula is C20H33N3O2. The van der Waals surface area contributed by atoms with Crippen LogP contribution in [0.15, 0.2) is 30.3 Å². The molecule has 1 aliphatic rings. The monoisotopic (exact) mass is 347 g/mol. The zero-order valence-electron chi connectivity index (χ0n) is 16.1. The van der Waals surface area contributed by atoms with E-state index in [9.17, 15) is 4.79 Å². The second kappa shape index (κ2) is 9.90. The van der Waals surface area contributed by atoms with Crippen LogP contribution in [0.4, 0.5) is 0 Å². The second-order valence-corrected chi connectivity index (χ2v) is 7.04. The number of likely N-dealkylation sites (tertiary alicyclic amines) is 1. The molecule has 0 bridgehead atoms. The van der Waals surface area contributed by atoms with E-state index in [0.29, 0.717) is 12.6 Å². The summed E-state index contributed by atoms with van der Waals surface area (Å²) in [6.45, 7) is 7.34. The summed E-state index contributed by atoms with van der Waals surface area (Å²) in [6, 6.07) is 10.8. The maximum absolute atomic E-state index is 12.5. The van der Waals surface area contributed by atoms with Crippen LogP contribution in [0, 0.1) is 0 Å². The smallest absolute Gasteiger partial charge is 0.249 e. The van der Waals surface area contributed by atoms with E-state index in [0.717, 1.165) is 25.2 Å². The highest BCUT2D eigenvalue weighted by Crippen LogP contribution is 2.19. The van der Waals surface area contributed by atoms with Crippen molar-refractivity contribution in [2.45, 2.75) is 44.9 Å². The number of benzene rings is 1. The molecule has 0 saturated carbocycles. The third kappa shape index (κ3) is 6.10. The van der Waals surface area contributed by atoms with Crippen molar-refractivity contribution in [1.82, 2.24) is 15.1 Å². The van der Waals surface area contributed by atoms with E-state index in [-0.39, 0.29) is 11.9 Å². The Balaban J connectivity index is 2.03. The predicted octanol–water partition coefficient (Wildman–Crippen LogP) is 2.29. The van der Waals surface area contributed by atoms with Crippen molar-refractivity contribution in [3.63, 3.8) is 0 Å². The number of likely N-dealkylation sites (N-methyl/N-ethyl adjacent to an activating group) is 1. The van der Waals surface area contributed by atoms with Crippen LogP contribution >= 0.6 is 0 Å². The summed E-state index contributed by atoms with van der Waals surface area (Å²) in [7, 11) is 4.35. The molecule has 140 valence electrons. The SMILES string of the molecule is CCOC(C)C(=O)NC(CN(C)C1CCN(C)CC1)c1ccccc1. The first-order chi connectivity index (χ1) is 12.0. The molecule has 25 heavy (non-hydrogen) atoms. The van der Waals surface area contributed by atoms with Crippen LogP contribution in [0.25, 0.3) is 0 Å². The molecule has 1 aliphatic heterocycles. The van der Waals surface area contributed by atoms with Crippen LogP contribution in [0.5, 0.6) is 0 Å². The fourth-order valence-corrected chi connectivity index (χ4v) is 3.41. The number of piperidine rings is 1. The number of hydrogen-bond donors (Lipinski definition) is 1. The number of nitrogens with one attached hydrogen (secondary N) is 1. The molecule has 0 radical (unpaired) electrons. The molecule has 1 amide bonds. The highest BCUT2D eigenvalue weighted by molar-refractivity contribution is 5.80. The molecule has 1 saturated heterocycles. The van der Waals surface area contributed by atoms with Crippen LogP contribution in [0.2, 0.25) is 0 Å². The van der Waals surface area contributed by atoms with Gasteiger partial charge in [-0.25, -0.2) is 0 Å². The minimum atomic E-state index is -0.426. The topological polar surface area (TPSA) is 44.8 Å². The van der Waals surface area contributed by atoms with Gasteiger partial charge >= 0.3 is 0 Å². The lowest BCUT2D eigenvalue weighted by Crippen LogP contribution is -2.46. The quantitative estimate of drug-likeness (QED) is 0.784. The van der Waals surface area contributed by atoms with Gasteiger partial charge in [0.05, 0.1) is 6.04 Å². The van der Waals surface area contributed by atoms with Gasteiger partial charge in [-0.3, -0.25) is 4.79 Å². The first-order valence-electron chi connectivity index (χ1n) is 9.37. The molecule has 2 unspecified atom stereocenters. The maximum atomic E-state index is 12.5. The van der Waals surface area contributed by atoms with Gasteiger partial charge in [0.25, 0.3) is 0 Å². The fraction of sp³-hybridized carbons (Fsp3) is 0.650. The van der Waals surface area contributed by atoms with E-state index < -0.39 is 6.10 Å². The van der Waals surface area contributed by atoms with E-state index in [1.807, 2.05) is 32.0 Å².